The number of aromatic hydroxyl groups is 1. The lowest BCUT2D eigenvalue weighted by molar-refractivity contribution is -0.534. The van der Waals surface area contributed by atoms with Crippen LogP contribution in [0.3, 0.4) is 0 Å². The molecule has 8 heteroatoms. The molecule has 2 amide bonds. The van der Waals surface area contributed by atoms with Gasteiger partial charge < -0.3 is 9.84 Å². The zero-order valence-electron chi connectivity index (χ0n) is 17.9. The number of amides is 2. The van der Waals surface area contributed by atoms with Crippen molar-refractivity contribution in [3.8, 4) is 11.5 Å². The first-order valence-corrected chi connectivity index (χ1v) is 10.7. The number of nitrogens with one attached hydrogen (secondary N) is 2. The molecule has 1 aliphatic carbocycles. The number of hydroxylamine groups is 1. The van der Waals surface area contributed by atoms with Crippen LogP contribution in [0.1, 0.15) is 63.0 Å². The Morgan fingerprint density at radius 2 is 2.13 bits per heavy atom. The number of rotatable bonds is 7. The first-order valence-electron chi connectivity index (χ1n) is 10.3. The van der Waals surface area contributed by atoms with Crippen LogP contribution in [0.2, 0.25) is 0 Å². The molecule has 0 spiro atoms. The molecular formula is C22H32N3O4S+. The van der Waals surface area contributed by atoms with Gasteiger partial charge in [0.15, 0.2) is 6.04 Å². The van der Waals surface area contributed by atoms with Gasteiger partial charge in [-0.15, -0.1) is 0 Å². The number of ether oxygens (including phenoxy) is 1. The van der Waals surface area contributed by atoms with E-state index in [9.17, 15) is 9.90 Å². The highest BCUT2D eigenvalue weighted by Gasteiger charge is 2.35. The maximum atomic E-state index is 11.4. The van der Waals surface area contributed by atoms with Crippen LogP contribution in [0.25, 0.3) is 0 Å². The summed E-state index contributed by atoms with van der Waals surface area (Å²) in [6.07, 6.45) is 7.98. The van der Waals surface area contributed by atoms with Crippen LogP contribution in [-0.2, 0) is 6.42 Å². The van der Waals surface area contributed by atoms with Crippen molar-refractivity contribution in [2.45, 2.75) is 64.3 Å². The summed E-state index contributed by atoms with van der Waals surface area (Å²) in [5, 5.41) is 21.7. The summed E-state index contributed by atoms with van der Waals surface area (Å²) in [7, 11) is 1.92. The van der Waals surface area contributed by atoms with E-state index in [1.165, 1.54) is 11.1 Å². The number of hydrogen-bond donors (Lipinski definition) is 4. The molecule has 0 aliphatic heterocycles. The average molecular weight is 435 g/mol. The molecule has 2 atom stereocenters. The number of phenols is 1. The molecule has 0 saturated carbocycles. The normalized spacial score (nSPS) is 18.3. The quantitative estimate of drug-likeness (QED) is 0.0989. The number of aryl methyl sites for hydroxylation is 1. The number of carbonyl (C=O) groups is 1. The SMILES string of the molecule is C=[N+](C)[C@@H]1CCC(C)=C[C@H]1c1c(O)cc(CCCCC)cc1OC(=S)NC(=O)NO. The molecule has 1 aromatic carbocycles. The van der Waals surface area contributed by atoms with Crippen LogP contribution >= 0.6 is 12.2 Å². The zero-order chi connectivity index (χ0) is 22.3. The first-order chi connectivity index (χ1) is 14.3. The van der Waals surface area contributed by atoms with Gasteiger partial charge in [-0.3, -0.25) is 10.5 Å². The van der Waals surface area contributed by atoms with Gasteiger partial charge >= 0.3 is 6.03 Å². The summed E-state index contributed by atoms with van der Waals surface area (Å²) in [6, 6.07) is 2.84. The molecule has 1 aromatic rings. The van der Waals surface area contributed by atoms with Crippen molar-refractivity contribution in [3.63, 3.8) is 0 Å². The van der Waals surface area contributed by atoms with Crippen molar-refractivity contribution in [1.29, 1.82) is 0 Å². The highest BCUT2D eigenvalue weighted by molar-refractivity contribution is 7.80. The highest BCUT2D eigenvalue weighted by atomic mass is 32.1. The van der Waals surface area contributed by atoms with Gasteiger partial charge in [-0.1, -0.05) is 31.4 Å². The van der Waals surface area contributed by atoms with E-state index >= 15 is 0 Å². The molecule has 4 N–H and O–H groups in total. The van der Waals surface area contributed by atoms with Crippen molar-refractivity contribution < 1.29 is 24.4 Å². The Hall–Kier alpha value is -2.45. The molecule has 1 aliphatic rings. The summed E-state index contributed by atoms with van der Waals surface area (Å²) >= 11 is 5.11. The number of unbranched alkanes of at least 4 members (excludes halogenated alkanes) is 2. The molecule has 7 nitrogen and oxygen atoms in total. The number of allylic oxidation sites excluding steroid dienone is 1. The van der Waals surface area contributed by atoms with Crippen LogP contribution in [0.5, 0.6) is 11.5 Å². The van der Waals surface area contributed by atoms with Crippen LogP contribution < -0.4 is 15.5 Å². The Labute approximate surface area is 183 Å². The molecule has 0 saturated heterocycles. The summed E-state index contributed by atoms with van der Waals surface area (Å²) in [4.78, 5) is 11.4. The maximum absolute atomic E-state index is 11.4. The third kappa shape index (κ3) is 6.27. The van der Waals surface area contributed by atoms with Crippen molar-refractivity contribution in [2.24, 2.45) is 0 Å². The van der Waals surface area contributed by atoms with Crippen LogP contribution in [0.4, 0.5) is 4.79 Å². The number of urea groups is 1. The molecule has 2 rings (SSSR count). The first kappa shape index (κ1) is 23.8. The van der Waals surface area contributed by atoms with Crippen LogP contribution in [0.15, 0.2) is 23.8 Å². The largest absolute Gasteiger partial charge is 0.507 e. The van der Waals surface area contributed by atoms with Gasteiger partial charge in [-0.2, -0.15) is 0 Å². The average Bonchev–Trinajstić information content (AvgIpc) is 2.67. The third-order valence-electron chi connectivity index (χ3n) is 5.38. The van der Waals surface area contributed by atoms with E-state index in [1.54, 1.807) is 6.07 Å². The van der Waals surface area contributed by atoms with Gasteiger partial charge in [-0.05, 0) is 56.1 Å². The number of thiocarbonyl (C=S) groups is 1. The van der Waals surface area contributed by atoms with Gasteiger partial charge in [0.2, 0.25) is 0 Å². The summed E-state index contributed by atoms with van der Waals surface area (Å²) in [6.45, 7) is 8.27. The molecule has 0 fully saturated rings. The maximum Gasteiger partial charge on any atom is 0.345 e. The predicted octanol–water partition coefficient (Wildman–Crippen LogP) is 4.01. The molecule has 0 unspecified atom stereocenters. The summed E-state index contributed by atoms with van der Waals surface area (Å²) in [5.74, 6) is 0.388. The van der Waals surface area contributed by atoms with E-state index in [4.69, 9.17) is 22.2 Å². The number of nitrogens with zero attached hydrogens (tertiary/aromatic N) is 1. The van der Waals surface area contributed by atoms with Crippen molar-refractivity contribution in [3.05, 3.63) is 34.9 Å². The minimum absolute atomic E-state index is 0.0789. The predicted molar refractivity (Wildman–Crippen MR) is 121 cm³/mol. The molecule has 0 radical (unpaired) electrons. The van der Waals surface area contributed by atoms with Crippen molar-refractivity contribution in [1.82, 2.24) is 10.8 Å². The molecule has 30 heavy (non-hydrogen) atoms. The fourth-order valence-electron chi connectivity index (χ4n) is 3.88. The Kier molecular flexibility index (Phi) is 8.80. The second-order valence-electron chi connectivity index (χ2n) is 7.84. The number of likely N-dealkylation sites (N-methyl/N-ethyl adjacent to an activating group) is 1. The minimum Gasteiger partial charge on any atom is -0.507 e. The number of hydrogen-bond acceptors (Lipinski definition) is 5. The van der Waals surface area contributed by atoms with Gasteiger partial charge in [0, 0.05) is 6.42 Å². The summed E-state index contributed by atoms with van der Waals surface area (Å²) in [5.41, 5.74) is 4.23. The van der Waals surface area contributed by atoms with Gasteiger partial charge in [0.25, 0.3) is 5.17 Å². The lowest BCUT2D eigenvalue weighted by atomic mass is 9.80. The Morgan fingerprint density at radius 3 is 2.77 bits per heavy atom. The van der Waals surface area contributed by atoms with E-state index in [0.29, 0.717) is 11.3 Å². The van der Waals surface area contributed by atoms with Crippen molar-refractivity contribution in [2.75, 3.05) is 7.05 Å². The lowest BCUT2D eigenvalue weighted by Crippen LogP contribution is -2.39. The molecule has 164 valence electrons. The minimum atomic E-state index is -0.895. The molecule has 0 heterocycles. The Balaban J connectivity index is 2.48. The van der Waals surface area contributed by atoms with E-state index < -0.39 is 6.03 Å². The van der Waals surface area contributed by atoms with E-state index in [0.717, 1.165) is 44.1 Å². The van der Waals surface area contributed by atoms with Crippen LogP contribution in [-0.4, -0.2) is 45.9 Å². The number of carbonyl (C=O) groups excluding carboxylic acids is 1. The van der Waals surface area contributed by atoms with Gasteiger partial charge in [-0.25, -0.2) is 14.9 Å². The summed E-state index contributed by atoms with van der Waals surface area (Å²) < 4.78 is 7.69. The van der Waals surface area contributed by atoms with E-state index in [2.05, 4.69) is 32.0 Å². The second kappa shape index (κ2) is 11.1. The topological polar surface area (TPSA) is 93.8 Å². The van der Waals surface area contributed by atoms with E-state index in [-0.39, 0.29) is 22.9 Å². The lowest BCUT2D eigenvalue weighted by Gasteiger charge is -2.28. The zero-order valence-corrected chi connectivity index (χ0v) is 18.7. The monoisotopic (exact) mass is 434 g/mol. The van der Waals surface area contributed by atoms with Gasteiger partial charge in [0.1, 0.15) is 25.3 Å². The third-order valence-corrected chi connectivity index (χ3v) is 5.57. The fraction of sp³-hybridized carbons (Fsp3) is 0.500. The molecule has 0 bridgehead atoms. The fourth-order valence-corrected chi connectivity index (χ4v) is 4.07. The molecular weight excluding hydrogens is 402 g/mol. The molecule has 0 aromatic heterocycles. The standard InChI is InChI=1S/C22H31N3O4S/c1-5-6-7-8-15-12-18(26)20(16-11-14(2)9-10-17(16)25(3)4)19(13-15)29-22(30)23-21(27)24-28/h11-13,16-17H,3,5-10H2,1-2,4H3,(H3-,23,24,26,27,28,30)/p+1/t16-,17-/m1/s1. The number of phenolic OH excluding ortho intramolecular Hbond substituents is 1. The smallest absolute Gasteiger partial charge is 0.345 e. The highest BCUT2D eigenvalue weighted by Crippen LogP contribution is 2.43. The second-order valence-corrected chi connectivity index (χ2v) is 8.21. The number of benzene rings is 1. The Morgan fingerprint density at radius 1 is 1.40 bits per heavy atom. The van der Waals surface area contributed by atoms with Crippen molar-refractivity contribution >= 4 is 30.1 Å². The Bertz CT molecular complexity index is 838. The van der Waals surface area contributed by atoms with Crippen LogP contribution in [0, 0.1) is 0 Å². The van der Waals surface area contributed by atoms with E-state index in [1.807, 2.05) is 17.7 Å². The van der Waals surface area contributed by atoms with Gasteiger partial charge in [0.05, 0.1) is 11.5 Å².